The zero-order valence-electron chi connectivity index (χ0n) is 14.6. The second-order valence-corrected chi connectivity index (χ2v) is 6.27. The Morgan fingerprint density at radius 1 is 0.962 bits per heavy atom. The number of hydrogen-bond donors (Lipinski definition) is 3. The van der Waals surface area contributed by atoms with Crippen molar-refractivity contribution in [3.05, 3.63) is 71.8 Å². The summed E-state index contributed by atoms with van der Waals surface area (Å²) in [6.45, 7) is 1.47. The Labute approximate surface area is 152 Å². The van der Waals surface area contributed by atoms with Crippen LogP contribution < -0.4 is 10.6 Å². The molecule has 1 aliphatic rings. The van der Waals surface area contributed by atoms with Gasteiger partial charge in [-0.05, 0) is 37.5 Å². The molecule has 0 spiro atoms. The van der Waals surface area contributed by atoms with E-state index < -0.39 is 17.7 Å². The highest BCUT2D eigenvalue weighted by Crippen LogP contribution is 2.24. The van der Waals surface area contributed by atoms with E-state index in [9.17, 15) is 9.59 Å². The molecule has 5 heteroatoms. The van der Waals surface area contributed by atoms with Crippen molar-refractivity contribution in [2.45, 2.75) is 19.8 Å². The summed E-state index contributed by atoms with van der Waals surface area (Å²) >= 11 is 0. The van der Waals surface area contributed by atoms with Gasteiger partial charge in [-0.3, -0.25) is 9.59 Å². The zero-order chi connectivity index (χ0) is 18.5. The van der Waals surface area contributed by atoms with Gasteiger partial charge in [-0.1, -0.05) is 48.5 Å². The fourth-order valence-corrected chi connectivity index (χ4v) is 3.05. The molecule has 26 heavy (non-hydrogen) atoms. The number of nitrogens with one attached hydrogen (secondary N) is 3. The molecule has 0 aromatic heterocycles. The first-order valence-electron chi connectivity index (χ1n) is 8.56. The van der Waals surface area contributed by atoms with Gasteiger partial charge in [0.05, 0.1) is 0 Å². The summed E-state index contributed by atoms with van der Waals surface area (Å²) in [4.78, 5) is 25.3. The van der Waals surface area contributed by atoms with E-state index in [1.54, 1.807) is 24.3 Å². The van der Waals surface area contributed by atoms with Crippen LogP contribution in [-0.4, -0.2) is 17.5 Å². The van der Waals surface area contributed by atoms with E-state index >= 15 is 0 Å². The number of fused-ring (bicyclic) bond motifs is 1. The van der Waals surface area contributed by atoms with E-state index in [2.05, 4.69) is 10.6 Å². The Kier molecular flexibility index (Phi) is 5.27. The molecule has 0 heterocycles. The maximum Gasteiger partial charge on any atom is 0.242 e. The fraction of sp³-hybridized carbons (Fsp3) is 0.190. The maximum absolute atomic E-state index is 12.7. The lowest BCUT2D eigenvalue weighted by Gasteiger charge is -2.21. The lowest BCUT2D eigenvalue weighted by atomic mass is 9.94. The van der Waals surface area contributed by atoms with Gasteiger partial charge in [0.25, 0.3) is 0 Å². The van der Waals surface area contributed by atoms with E-state index in [1.165, 1.54) is 12.5 Å². The van der Waals surface area contributed by atoms with E-state index in [-0.39, 0.29) is 5.71 Å². The number of para-hydroxylation sites is 1. The number of anilines is 1. The van der Waals surface area contributed by atoms with E-state index in [1.807, 2.05) is 36.4 Å². The fourth-order valence-electron chi connectivity index (χ4n) is 3.05. The summed E-state index contributed by atoms with van der Waals surface area (Å²) in [5.74, 6) is -2.18. The van der Waals surface area contributed by atoms with Crippen LogP contribution in [0, 0.1) is 11.3 Å². The quantitative estimate of drug-likeness (QED) is 0.572. The molecular formula is C21H21N3O2. The molecule has 0 bridgehead atoms. The highest BCUT2D eigenvalue weighted by Gasteiger charge is 2.30. The molecule has 0 fully saturated rings. The van der Waals surface area contributed by atoms with Crippen LogP contribution in [-0.2, 0) is 16.0 Å². The van der Waals surface area contributed by atoms with Gasteiger partial charge >= 0.3 is 0 Å². The Hall–Kier alpha value is -3.21. The van der Waals surface area contributed by atoms with Crippen molar-refractivity contribution >= 4 is 28.9 Å². The Morgan fingerprint density at radius 3 is 2.35 bits per heavy atom. The van der Waals surface area contributed by atoms with Gasteiger partial charge < -0.3 is 16.0 Å². The second-order valence-electron chi connectivity index (χ2n) is 6.27. The minimum Gasteiger partial charge on any atom is -0.325 e. The monoisotopic (exact) mass is 347 g/mol. The molecule has 5 nitrogen and oxygen atoms in total. The molecule has 3 rings (SSSR count). The number of carbonyl (C=O) groups is 2. The van der Waals surface area contributed by atoms with E-state index in [0.29, 0.717) is 11.4 Å². The third kappa shape index (κ3) is 3.88. The molecule has 2 aromatic carbocycles. The molecule has 2 amide bonds. The van der Waals surface area contributed by atoms with Crippen LogP contribution in [0.15, 0.2) is 60.7 Å². The van der Waals surface area contributed by atoms with Crippen LogP contribution in [0.2, 0.25) is 0 Å². The molecule has 2 aromatic rings. The normalized spacial score (nSPS) is 13.8. The number of benzene rings is 2. The van der Waals surface area contributed by atoms with Gasteiger partial charge in [0.2, 0.25) is 11.8 Å². The van der Waals surface area contributed by atoms with Crippen LogP contribution in [0.25, 0.3) is 5.70 Å². The van der Waals surface area contributed by atoms with Crippen molar-refractivity contribution in [3.8, 4) is 0 Å². The predicted octanol–water partition coefficient (Wildman–Crippen LogP) is 3.38. The summed E-state index contributed by atoms with van der Waals surface area (Å²) < 4.78 is 0. The van der Waals surface area contributed by atoms with Gasteiger partial charge in [0.15, 0.2) is 5.92 Å². The number of carbonyl (C=O) groups excluding carboxylic acids is 2. The zero-order valence-corrected chi connectivity index (χ0v) is 14.6. The van der Waals surface area contributed by atoms with Crippen molar-refractivity contribution in [3.63, 3.8) is 0 Å². The van der Waals surface area contributed by atoms with Crippen molar-refractivity contribution < 1.29 is 9.59 Å². The molecule has 0 saturated carbocycles. The van der Waals surface area contributed by atoms with Crippen molar-refractivity contribution in [1.29, 1.82) is 5.41 Å². The minimum atomic E-state index is -1.18. The molecule has 0 radical (unpaired) electrons. The molecule has 1 aliphatic carbocycles. The standard InChI is InChI=1S/C21H21N3O2/c1-14(22)19(20(25)23-16-10-3-2-4-11-16)21(26)24-18-13-7-9-15-8-5-6-12-17(15)18/h2-6,8,10-13,19,22H,7,9H2,1H3,(H,23,25)(H,24,26). The number of allylic oxidation sites excluding steroid dienone is 1. The summed E-state index contributed by atoms with van der Waals surface area (Å²) in [6.07, 6.45) is 3.72. The number of amides is 2. The molecular weight excluding hydrogens is 326 g/mol. The Morgan fingerprint density at radius 2 is 1.62 bits per heavy atom. The maximum atomic E-state index is 12.7. The molecule has 132 valence electrons. The Balaban J connectivity index is 1.76. The highest BCUT2D eigenvalue weighted by molar-refractivity contribution is 6.22. The number of hydrogen-bond acceptors (Lipinski definition) is 3. The van der Waals surface area contributed by atoms with Gasteiger partial charge in [0.1, 0.15) is 0 Å². The molecule has 1 unspecified atom stereocenters. The lowest BCUT2D eigenvalue weighted by molar-refractivity contribution is -0.128. The lowest BCUT2D eigenvalue weighted by Crippen LogP contribution is -2.41. The van der Waals surface area contributed by atoms with Crippen molar-refractivity contribution in [2.75, 3.05) is 5.32 Å². The average Bonchev–Trinajstić information content (AvgIpc) is 2.62. The molecule has 1 atom stereocenters. The second kappa shape index (κ2) is 7.78. The largest absolute Gasteiger partial charge is 0.325 e. The molecule has 0 saturated heterocycles. The smallest absolute Gasteiger partial charge is 0.242 e. The molecule has 0 aliphatic heterocycles. The highest BCUT2D eigenvalue weighted by atomic mass is 16.2. The van der Waals surface area contributed by atoms with Crippen LogP contribution in [0.4, 0.5) is 5.69 Å². The topological polar surface area (TPSA) is 82.1 Å². The van der Waals surface area contributed by atoms with E-state index in [4.69, 9.17) is 5.41 Å². The summed E-state index contributed by atoms with van der Waals surface area (Å²) in [5.41, 5.74) is 3.44. The SMILES string of the molecule is CC(=N)C(C(=O)NC1=CCCc2ccccc21)C(=O)Nc1ccccc1. The van der Waals surface area contributed by atoms with Crippen molar-refractivity contribution in [2.24, 2.45) is 5.92 Å². The third-order valence-electron chi connectivity index (χ3n) is 4.33. The van der Waals surface area contributed by atoms with E-state index in [0.717, 1.165) is 18.4 Å². The van der Waals surface area contributed by atoms with Crippen LogP contribution in [0.1, 0.15) is 24.5 Å². The summed E-state index contributed by atoms with van der Waals surface area (Å²) in [5, 5.41) is 13.4. The van der Waals surface area contributed by atoms with Gasteiger partial charge in [-0.25, -0.2) is 0 Å². The summed E-state index contributed by atoms with van der Waals surface area (Å²) in [7, 11) is 0. The summed E-state index contributed by atoms with van der Waals surface area (Å²) in [6, 6.07) is 16.8. The van der Waals surface area contributed by atoms with Gasteiger partial charge in [-0.2, -0.15) is 0 Å². The van der Waals surface area contributed by atoms with Crippen LogP contribution in [0.3, 0.4) is 0 Å². The number of rotatable bonds is 5. The third-order valence-corrected chi connectivity index (χ3v) is 4.33. The van der Waals surface area contributed by atoms with Gasteiger partial charge in [-0.15, -0.1) is 0 Å². The van der Waals surface area contributed by atoms with Crippen LogP contribution >= 0.6 is 0 Å². The van der Waals surface area contributed by atoms with Crippen LogP contribution in [0.5, 0.6) is 0 Å². The Bertz CT molecular complexity index is 872. The first-order valence-corrected chi connectivity index (χ1v) is 8.56. The average molecular weight is 347 g/mol. The molecule has 3 N–H and O–H groups in total. The van der Waals surface area contributed by atoms with Crippen molar-refractivity contribution in [1.82, 2.24) is 5.32 Å². The minimum absolute atomic E-state index is 0.000579. The number of aryl methyl sites for hydroxylation is 1. The van der Waals surface area contributed by atoms with Gasteiger partial charge in [0, 0.05) is 22.7 Å². The predicted molar refractivity (Wildman–Crippen MR) is 103 cm³/mol. The first kappa shape index (κ1) is 17.6. The first-order chi connectivity index (χ1) is 12.6.